The average Bonchev–Trinajstić information content (AvgIpc) is 3.40. The van der Waals surface area contributed by atoms with E-state index in [4.69, 9.17) is 4.74 Å². The molecule has 0 bridgehead atoms. The number of piperazine rings is 1. The Morgan fingerprint density at radius 2 is 1.81 bits per heavy atom. The van der Waals surface area contributed by atoms with Crippen LogP contribution in [-0.4, -0.2) is 63.4 Å². The third kappa shape index (κ3) is 4.81. The second-order valence-electron chi connectivity index (χ2n) is 10.0. The number of anilines is 1. The van der Waals surface area contributed by atoms with Crippen LogP contribution < -0.4 is 15.2 Å². The molecule has 1 fully saturated rings. The fourth-order valence-electron chi connectivity index (χ4n) is 4.86. The van der Waals surface area contributed by atoms with Gasteiger partial charge in [-0.15, -0.1) is 5.10 Å². The van der Waals surface area contributed by atoms with E-state index in [1.807, 2.05) is 28.9 Å². The maximum absolute atomic E-state index is 13.5. The molecule has 1 aliphatic rings. The standard InChI is InChI=1S/C27H32FN7O2/c1-5-27(2,3)35-25(30-31-32-35)24(22-16-18-6-11-21(37-4)17-23(18)29-26(22)36)34-14-12-33(13-15-34)20-9-7-19(28)8-10-20/h6-11,16-17,24H,5,12-15H2,1-4H3,(H,29,36)/t24-/m0/s1. The van der Waals surface area contributed by atoms with E-state index in [9.17, 15) is 9.18 Å². The fraction of sp³-hybridized carbons (Fsp3) is 0.407. The molecule has 1 saturated heterocycles. The Morgan fingerprint density at radius 1 is 1.08 bits per heavy atom. The van der Waals surface area contributed by atoms with E-state index in [1.54, 1.807) is 19.2 Å². The second-order valence-corrected chi connectivity index (χ2v) is 10.0. The minimum atomic E-state index is -0.438. The number of hydrogen-bond donors (Lipinski definition) is 1. The lowest BCUT2D eigenvalue weighted by atomic mass is 9.99. The summed E-state index contributed by atoms with van der Waals surface area (Å²) in [6.07, 6.45) is 0.823. The van der Waals surface area contributed by atoms with Crippen molar-refractivity contribution in [2.24, 2.45) is 0 Å². The predicted molar refractivity (Wildman–Crippen MR) is 141 cm³/mol. The zero-order valence-electron chi connectivity index (χ0n) is 21.6. The number of hydrogen-bond acceptors (Lipinski definition) is 7. The number of tetrazole rings is 1. The van der Waals surface area contributed by atoms with Gasteiger partial charge in [-0.25, -0.2) is 9.07 Å². The van der Waals surface area contributed by atoms with Crippen molar-refractivity contribution in [2.45, 2.75) is 38.8 Å². The van der Waals surface area contributed by atoms with Crippen LogP contribution in [0.3, 0.4) is 0 Å². The highest BCUT2D eigenvalue weighted by atomic mass is 19.1. The highest BCUT2D eigenvalue weighted by molar-refractivity contribution is 5.80. The number of pyridine rings is 1. The minimum absolute atomic E-state index is 0.185. The first kappa shape index (κ1) is 24.9. The number of ether oxygens (including phenoxy) is 1. The number of rotatable bonds is 7. The molecule has 37 heavy (non-hydrogen) atoms. The van der Waals surface area contributed by atoms with Gasteiger partial charge in [-0.2, -0.15) is 0 Å². The molecule has 0 spiro atoms. The molecule has 2 aromatic carbocycles. The van der Waals surface area contributed by atoms with E-state index >= 15 is 0 Å². The first-order valence-electron chi connectivity index (χ1n) is 12.5. The quantitative estimate of drug-likeness (QED) is 0.409. The van der Waals surface area contributed by atoms with Crippen molar-refractivity contribution in [3.63, 3.8) is 0 Å². The summed E-state index contributed by atoms with van der Waals surface area (Å²) >= 11 is 0. The van der Waals surface area contributed by atoms with Crippen LogP contribution in [0, 0.1) is 5.82 Å². The molecule has 0 aliphatic carbocycles. The Morgan fingerprint density at radius 3 is 2.49 bits per heavy atom. The molecular formula is C27H32FN7O2. The van der Waals surface area contributed by atoms with Crippen LogP contribution in [0.15, 0.2) is 53.3 Å². The second kappa shape index (κ2) is 9.93. The lowest BCUT2D eigenvalue weighted by Crippen LogP contribution is -2.49. The molecule has 5 rings (SSSR count). The van der Waals surface area contributed by atoms with Crippen LogP contribution in [0.25, 0.3) is 10.9 Å². The number of halogens is 1. The third-order valence-corrected chi connectivity index (χ3v) is 7.42. The SMILES string of the molecule is CCC(C)(C)n1nnnc1[C@H](c1cc2ccc(OC)cc2[nH]c1=O)N1CCN(c2ccc(F)cc2)CC1. The Balaban J connectivity index is 1.55. The molecule has 2 aromatic heterocycles. The van der Waals surface area contributed by atoms with Crippen LogP contribution in [0.2, 0.25) is 0 Å². The Hall–Kier alpha value is -3.79. The van der Waals surface area contributed by atoms with Gasteiger partial charge in [-0.05, 0) is 78.5 Å². The van der Waals surface area contributed by atoms with Gasteiger partial charge in [-0.3, -0.25) is 9.69 Å². The minimum Gasteiger partial charge on any atom is -0.497 e. The van der Waals surface area contributed by atoms with E-state index in [0.717, 1.165) is 30.6 Å². The van der Waals surface area contributed by atoms with Gasteiger partial charge >= 0.3 is 0 Å². The number of fused-ring (bicyclic) bond motifs is 1. The molecule has 1 N–H and O–H groups in total. The van der Waals surface area contributed by atoms with Gasteiger partial charge < -0.3 is 14.6 Å². The van der Waals surface area contributed by atoms with Gasteiger partial charge in [0.25, 0.3) is 5.56 Å². The van der Waals surface area contributed by atoms with Gasteiger partial charge in [0, 0.05) is 43.5 Å². The van der Waals surface area contributed by atoms with Crippen LogP contribution in [0.1, 0.15) is 44.6 Å². The summed E-state index contributed by atoms with van der Waals surface area (Å²) in [5, 5.41) is 13.7. The predicted octanol–water partition coefficient (Wildman–Crippen LogP) is 3.72. The summed E-state index contributed by atoms with van der Waals surface area (Å²) in [5.41, 5.74) is 1.77. The van der Waals surface area contributed by atoms with E-state index < -0.39 is 6.04 Å². The molecule has 1 aliphatic heterocycles. The van der Waals surface area contributed by atoms with Crippen LogP contribution >= 0.6 is 0 Å². The van der Waals surface area contributed by atoms with Crippen molar-refractivity contribution >= 4 is 16.6 Å². The van der Waals surface area contributed by atoms with Crippen molar-refractivity contribution in [3.05, 3.63) is 76.1 Å². The van der Waals surface area contributed by atoms with E-state index in [0.29, 0.717) is 35.7 Å². The summed E-state index contributed by atoms with van der Waals surface area (Å²) in [5.74, 6) is 1.07. The summed E-state index contributed by atoms with van der Waals surface area (Å²) in [7, 11) is 1.60. The van der Waals surface area contributed by atoms with Crippen molar-refractivity contribution in [3.8, 4) is 5.75 Å². The number of nitrogens with zero attached hydrogens (tertiary/aromatic N) is 6. The molecule has 10 heteroatoms. The maximum Gasteiger partial charge on any atom is 0.253 e. The lowest BCUT2D eigenvalue weighted by Gasteiger charge is -2.40. The van der Waals surface area contributed by atoms with Gasteiger partial charge in [0.2, 0.25) is 0 Å². The normalized spacial score (nSPS) is 15.8. The first-order valence-corrected chi connectivity index (χ1v) is 12.5. The molecule has 0 saturated carbocycles. The van der Waals surface area contributed by atoms with Crippen molar-refractivity contribution < 1.29 is 9.13 Å². The van der Waals surface area contributed by atoms with Gasteiger partial charge in [0.15, 0.2) is 5.82 Å². The summed E-state index contributed by atoms with van der Waals surface area (Å²) in [4.78, 5) is 21.0. The number of aromatic nitrogens is 5. The zero-order chi connectivity index (χ0) is 26.2. The largest absolute Gasteiger partial charge is 0.497 e. The summed E-state index contributed by atoms with van der Waals surface area (Å²) in [6, 6.07) is 13.7. The molecule has 1 atom stereocenters. The highest BCUT2D eigenvalue weighted by Crippen LogP contribution is 2.32. The van der Waals surface area contributed by atoms with Crippen LogP contribution in [-0.2, 0) is 5.54 Å². The Labute approximate surface area is 214 Å². The number of H-pyrrole nitrogens is 1. The number of benzene rings is 2. The molecule has 9 nitrogen and oxygen atoms in total. The molecule has 0 unspecified atom stereocenters. The van der Waals surface area contributed by atoms with Gasteiger partial charge in [-0.1, -0.05) is 6.92 Å². The third-order valence-electron chi connectivity index (χ3n) is 7.42. The Bertz CT molecular complexity index is 1440. The molecule has 3 heterocycles. The number of aromatic amines is 1. The molecule has 0 amide bonds. The smallest absolute Gasteiger partial charge is 0.253 e. The van der Waals surface area contributed by atoms with Gasteiger partial charge in [0.1, 0.15) is 17.6 Å². The summed E-state index contributed by atoms with van der Waals surface area (Å²) < 4.78 is 20.6. The molecule has 0 radical (unpaired) electrons. The number of methoxy groups -OCH3 is 1. The molecule has 4 aromatic rings. The van der Waals surface area contributed by atoms with E-state index in [2.05, 4.69) is 51.1 Å². The van der Waals surface area contributed by atoms with Crippen molar-refractivity contribution in [1.29, 1.82) is 0 Å². The maximum atomic E-state index is 13.5. The number of nitrogens with one attached hydrogen (secondary N) is 1. The van der Waals surface area contributed by atoms with Crippen LogP contribution in [0.4, 0.5) is 10.1 Å². The average molecular weight is 506 g/mol. The molecule has 194 valence electrons. The summed E-state index contributed by atoms with van der Waals surface area (Å²) in [6.45, 7) is 9.09. The van der Waals surface area contributed by atoms with E-state index in [1.165, 1.54) is 12.1 Å². The first-order chi connectivity index (χ1) is 17.8. The van der Waals surface area contributed by atoms with Crippen molar-refractivity contribution in [2.75, 3.05) is 38.2 Å². The van der Waals surface area contributed by atoms with Crippen molar-refractivity contribution in [1.82, 2.24) is 30.1 Å². The van der Waals surface area contributed by atoms with Crippen LogP contribution in [0.5, 0.6) is 5.75 Å². The fourth-order valence-corrected chi connectivity index (χ4v) is 4.86. The topological polar surface area (TPSA) is 92.2 Å². The zero-order valence-corrected chi connectivity index (χ0v) is 21.6. The monoisotopic (exact) mass is 505 g/mol. The highest BCUT2D eigenvalue weighted by Gasteiger charge is 2.35. The van der Waals surface area contributed by atoms with Gasteiger partial charge in [0.05, 0.1) is 18.2 Å². The molecular weight excluding hydrogens is 473 g/mol. The lowest BCUT2D eigenvalue weighted by molar-refractivity contribution is 0.186. The van der Waals surface area contributed by atoms with E-state index in [-0.39, 0.29) is 16.9 Å². The Kier molecular flexibility index (Phi) is 6.68.